The normalized spacial score (nSPS) is 37.7. The first-order valence-corrected chi connectivity index (χ1v) is 5.05. The summed E-state index contributed by atoms with van der Waals surface area (Å²) in [6.45, 7) is 2.39. The van der Waals surface area contributed by atoms with Crippen molar-refractivity contribution >= 4 is 0 Å². The molecule has 0 radical (unpaired) electrons. The van der Waals surface area contributed by atoms with E-state index in [-0.39, 0.29) is 0 Å². The molecule has 0 aromatic heterocycles. The fourth-order valence-corrected chi connectivity index (χ4v) is 2.57. The standard InChI is InChI=1S/C11H18/c1-9-6-7-10-4-2-3-5-11(10)8-9/h5,9-10H,2-4,6-8H2,1H3/t9-,10+/m0/s1. The van der Waals surface area contributed by atoms with E-state index in [4.69, 9.17) is 0 Å². The summed E-state index contributed by atoms with van der Waals surface area (Å²) in [6.07, 6.45) is 11.2. The summed E-state index contributed by atoms with van der Waals surface area (Å²) in [5.41, 5.74) is 1.80. The van der Waals surface area contributed by atoms with Gasteiger partial charge in [0.1, 0.15) is 0 Å². The lowest BCUT2D eigenvalue weighted by molar-refractivity contribution is 0.338. The maximum Gasteiger partial charge on any atom is -0.0203 e. The Morgan fingerprint density at radius 1 is 1.27 bits per heavy atom. The van der Waals surface area contributed by atoms with Crippen molar-refractivity contribution in [2.24, 2.45) is 11.8 Å². The van der Waals surface area contributed by atoms with Crippen LogP contribution in [0.3, 0.4) is 0 Å². The Bertz CT molecular complexity index is 167. The van der Waals surface area contributed by atoms with Gasteiger partial charge in [0.05, 0.1) is 0 Å². The molecule has 0 nitrogen and oxygen atoms in total. The number of hydrogen-bond acceptors (Lipinski definition) is 0. The first kappa shape index (κ1) is 7.39. The van der Waals surface area contributed by atoms with Crippen LogP contribution >= 0.6 is 0 Å². The number of fused-ring (bicyclic) bond motifs is 1. The molecular weight excluding hydrogens is 132 g/mol. The van der Waals surface area contributed by atoms with Gasteiger partial charge in [0.2, 0.25) is 0 Å². The molecule has 0 unspecified atom stereocenters. The SMILES string of the molecule is C[C@H]1CC[C@H]2CCCC=C2C1. The minimum Gasteiger partial charge on any atom is -0.0850 e. The summed E-state index contributed by atoms with van der Waals surface area (Å²) in [5.74, 6) is 1.97. The lowest BCUT2D eigenvalue weighted by atomic mass is 9.74. The number of allylic oxidation sites excluding steroid dienone is 2. The lowest BCUT2D eigenvalue weighted by Crippen LogP contribution is -2.17. The lowest BCUT2D eigenvalue weighted by Gasteiger charge is -2.32. The predicted molar refractivity (Wildman–Crippen MR) is 48.4 cm³/mol. The summed E-state index contributed by atoms with van der Waals surface area (Å²) >= 11 is 0. The van der Waals surface area contributed by atoms with E-state index in [2.05, 4.69) is 13.0 Å². The highest BCUT2D eigenvalue weighted by atomic mass is 14.3. The van der Waals surface area contributed by atoms with Gasteiger partial charge in [-0.2, -0.15) is 0 Å². The van der Waals surface area contributed by atoms with E-state index in [0.29, 0.717) is 0 Å². The monoisotopic (exact) mass is 150 g/mol. The maximum atomic E-state index is 2.52. The van der Waals surface area contributed by atoms with Gasteiger partial charge in [0, 0.05) is 0 Å². The highest BCUT2D eigenvalue weighted by molar-refractivity contribution is 5.12. The zero-order chi connectivity index (χ0) is 7.68. The molecule has 2 atom stereocenters. The third-order valence-corrected chi connectivity index (χ3v) is 3.28. The van der Waals surface area contributed by atoms with Crippen LogP contribution in [-0.2, 0) is 0 Å². The molecule has 0 saturated heterocycles. The molecule has 0 bridgehead atoms. The Morgan fingerprint density at radius 2 is 2.18 bits per heavy atom. The van der Waals surface area contributed by atoms with Crippen molar-refractivity contribution in [1.29, 1.82) is 0 Å². The smallest absolute Gasteiger partial charge is 0.0203 e. The molecule has 0 heteroatoms. The van der Waals surface area contributed by atoms with Gasteiger partial charge in [0.15, 0.2) is 0 Å². The van der Waals surface area contributed by atoms with Crippen LogP contribution in [-0.4, -0.2) is 0 Å². The summed E-state index contributed by atoms with van der Waals surface area (Å²) < 4.78 is 0. The number of rotatable bonds is 0. The molecule has 0 spiro atoms. The molecule has 0 heterocycles. The van der Waals surface area contributed by atoms with E-state index >= 15 is 0 Å². The van der Waals surface area contributed by atoms with E-state index < -0.39 is 0 Å². The fraction of sp³-hybridized carbons (Fsp3) is 0.818. The molecule has 1 saturated carbocycles. The molecule has 0 aromatic carbocycles. The second-order valence-corrected chi connectivity index (χ2v) is 4.29. The average Bonchev–Trinajstić information content (AvgIpc) is 2.04. The van der Waals surface area contributed by atoms with Crippen molar-refractivity contribution in [2.75, 3.05) is 0 Å². The summed E-state index contributed by atoms with van der Waals surface area (Å²) in [7, 11) is 0. The van der Waals surface area contributed by atoms with E-state index in [1.165, 1.54) is 38.5 Å². The van der Waals surface area contributed by atoms with Gasteiger partial charge in [-0.1, -0.05) is 18.6 Å². The van der Waals surface area contributed by atoms with Crippen LogP contribution < -0.4 is 0 Å². The van der Waals surface area contributed by atoms with Crippen molar-refractivity contribution < 1.29 is 0 Å². The minimum absolute atomic E-state index is 0.968. The molecule has 0 aliphatic heterocycles. The Balaban J connectivity index is 2.07. The highest BCUT2D eigenvalue weighted by Crippen LogP contribution is 2.38. The highest BCUT2D eigenvalue weighted by Gasteiger charge is 2.23. The van der Waals surface area contributed by atoms with Crippen LogP contribution in [0, 0.1) is 11.8 Å². The van der Waals surface area contributed by atoms with Crippen molar-refractivity contribution in [3.05, 3.63) is 11.6 Å². The first-order chi connectivity index (χ1) is 5.36. The van der Waals surface area contributed by atoms with Crippen LogP contribution in [0.25, 0.3) is 0 Å². The van der Waals surface area contributed by atoms with E-state index in [0.717, 1.165) is 11.8 Å². The zero-order valence-corrected chi connectivity index (χ0v) is 7.47. The van der Waals surface area contributed by atoms with Crippen molar-refractivity contribution in [1.82, 2.24) is 0 Å². The predicted octanol–water partition coefficient (Wildman–Crippen LogP) is 3.53. The Kier molecular flexibility index (Phi) is 2.02. The number of hydrogen-bond donors (Lipinski definition) is 0. The van der Waals surface area contributed by atoms with Crippen LogP contribution in [0.5, 0.6) is 0 Å². The van der Waals surface area contributed by atoms with Crippen molar-refractivity contribution in [2.45, 2.75) is 45.4 Å². The summed E-state index contributed by atoms with van der Waals surface area (Å²) in [6, 6.07) is 0. The van der Waals surface area contributed by atoms with Gasteiger partial charge in [-0.05, 0) is 50.4 Å². The first-order valence-electron chi connectivity index (χ1n) is 5.05. The molecule has 0 amide bonds. The van der Waals surface area contributed by atoms with Gasteiger partial charge >= 0.3 is 0 Å². The fourth-order valence-electron chi connectivity index (χ4n) is 2.57. The second kappa shape index (κ2) is 3.00. The van der Waals surface area contributed by atoms with Crippen molar-refractivity contribution in [3.8, 4) is 0 Å². The summed E-state index contributed by atoms with van der Waals surface area (Å²) in [4.78, 5) is 0. The molecule has 62 valence electrons. The van der Waals surface area contributed by atoms with Gasteiger partial charge in [0.25, 0.3) is 0 Å². The molecule has 2 aliphatic rings. The van der Waals surface area contributed by atoms with E-state index in [1.54, 1.807) is 5.57 Å². The Labute approximate surface area is 69.7 Å². The van der Waals surface area contributed by atoms with Gasteiger partial charge in [-0.25, -0.2) is 0 Å². The van der Waals surface area contributed by atoms with E-state index in [9.17, 15) is 0 Å². The Morgan fingerprint density at radius 3 is 3.09 bits per heavy atom. The molecule has 2 rings (SSSR count). The third-order valence-electron chi connectivity index (χ3n) is 3.28. The van der Waals surface area contributed by atoms with Crippen LogP contribution in [0.15, 0.2) is 11.6 Å². The molecule has 0 N–H and O–H groups in total. The second-order valence-electron chi connectivity index (χ2n) is 4.29. The van der Waals surface area contributed by atoms with Crippen LogP contribution in [0.4, 0.5) is 0 Å². The molecule has 2 aliphatic carbocycles. The van der Waals surface area contributed by atoms with E-state index in [1.807, 2.05) is 0 Å². The zero-order valence-electron chi connectivity index (χ0n) is 7.47. The molecule has 11 heavy (non-hydrogen) atoms. The topological polar surface area (TPSA) is 0 Å². The Hall–Kier alpha value is -0.260. The molecular formula is C11H18. The minimum atomic E-state index is 0.968. The van der Waals surface area contributed by atoms with Gasteiger partial charge in [-0.15, -0.1) is 0 Å². The van der Waals surface area contributed by atoms with Crippen LogP contribution in [0.2, 0.25) is 0 Å². The maximum absolute atomic E-state index is 2.52. The molecule has 1 fully saturated rings. The third kappa shape index (κ3) is 1.50. The van der Waals surface area contributed by atoms with Crippen LogP contribution in [0.1, 0.15) is 45.4 Å². The summed E-state index contributed by atoms with van der Waals surface area (Å²) in [5, 5.41) is 0. The quantitative estimate of drug-likeness (QED) is 0.463. The van der Waals surface area contributed by atoms with Gasteiger partial charge in [-0.3, -0.25) is 0 Å². The van der Waals surface area contributed by atoms with Gasteiger partial charge < -0.3 is 0 Å². The molecule has 0 aromatic rings. The average molecular weight is 150 g/mol. The largest absolute Gasteiger partial charge is 0.0850 e. The van der Waals surface area contributed by atoms with Crippen molar-refractivity contribution in [3.63, 3.8) is 0 Å².